The van der Waals surface area contributed by atoms with Gasteiger partial charge in [0.05, 0.1) is 0 Å². The summed E-state index contributed by atoms with van der Waals surface area (Å²) in [5, 5.41) is 9.83. The summed E-state index contributed by atoms with van der Waals surface area (Å²) >= 11 is 0. The van der Waals surface area contributed by atoms with Gasteiger partial charge in [-0.1, -0.05) is 53.0 Å². The molecule has 0 saturated heterocycles. The van der Waals surface area contributed by atoms with Crippen molar-refractivity contribution in [3.8, 4) is 5.75 Å². The lowest BCUT2D eigenvalue weighted by molar-refractivity contribution is 0.360. The van der Waals surface area contributed by atoms with Crippen molar-refractivity contribution in [3.05, 3.63) is 29.3 Å². The Balaban J connectivity index is 1.74. The van der Waals surface area contributed by atoms with Crippen LogP contribution in [-0.2, 0) is 12.8 Å². The SMILES string of the molecule is CC(C)(C)CCCCc1ccc(O)cc1CCCCCC1(C)CC1. The van der Waals surface area contributed by atoms with Crippen LogP contribution in [0.1, 0.15) is 96.6 Å². The molecule has 1 heteroatoms. The lowest BCUT2D eigenvalue weighted by atomic mass is 9.88. The van der Waals surface area contributed by atoms with E-state index in [1.165, 1.54) is 68.9 Å². The van der Waals surface area contributed by atoms with Crippen LogP contribution in [0.5, 0.6) is 5.75 Å². The Hall–Kier alpha value is -0.980. The maximum absolute atomic E-state index is 9.83. The quantitative estimate of drug-likeness (QED) is 0.455. The normalized spacial score (nSPS) is 16.3. The molecule has 136 valence electrons. The van der Waals surface area contributed by atoms with Gasteiger partial charge in [0.1, 0.15) is 5.75 Å². The third-order valence-corrected chi connectivity index (χ3v) is 5.64. The minimum absolute atomic E-state index is 0.425. The Bertz CT molecular complexity index is 505. The molecule has 0 spiro atoms. The fourth-order valence-electron chi connectivity index (χ4n) is 3.57. The number of unbranched alkanes of at least 4 members (excludes halogenated alkanes) is 3. The van der Waals surface area contributed by atoms with Crippen molar-refractivity contribution >= 4 is 0 Å². The molecule has 0 atom stereocenters. The summed E-state index contributed by atoms with van der Waals surface area (Å²) < 4.78 is 0. The van der Waals surface area contributed by atoms with E-state index in [0.29, 0.717) is 16.6 Å². The molecule has 1 saturated carbocycles. The van der Waals surface area contributed by atoms with Gasteiger partial charge in [0.15, 0.2) is 0 Å². The molecule has 0 radical (unpaired) electrons. The molecule has 1 N–H and O–H groups in total. The van der Waals surface area contributed by atoms with Gasteiger partial charge < -0.3 is 5.11 Å². The number of phenolic OH excluding ortho intramolecular Hbond substituents is 1. The zero-order valence-corrected chi connectivity index (χ0v) is 16.5. The van der Waals surface area contributed by atoms with Gasteiger partial charge in [-0.3, -0.25) is 0 Å². The average Bonchev–Trinajstić information content (AvgIpc) is 3.22. The first-order valence-electron chi connectivity index (χ1n) is 10.1. The molecule has 1 aliphatic rings. The monoisotopic (exact) mass is 330 g/mol. The van der Waals surface area contributed by atoms with Crippen LogP contribution in [0.25, 0.3) is 0 Å². The smallest absolute Gasteiger partial charge is 0.115 e. The van der Waals surface area contributed by atoms with Gasteiger partial charge in [-0.15, -0.1) is 0 Å². The first-order chi connectivity index (χ1) is 11.3. The summed E-state index contributed by atoms with van der Waals surface area (Å²) in [5.74, 6) is 0.425. The summed E-state index contributed by atoms with van der Waals surface area (Å²) in [4.78, 5) is 0. The van der Waals surface area contributed by atoms with E-state index in [1.807, 2.05) is 12.1 Å². The first kappa shape index (κ1) is 19.3. The maximum atomic E-state index is 9.83. The van der Waals surface area contributed by atoms with Crippen LogP contribution < -0.4 is 0 Å². The second-order valence-electron chi connectivity index (χ2n) is 9.59. The van der Waals surface area contributed by atoms with E-state index in [2.05, 4.69) is 33.8 Å². The van der Waals surface area contributed by atoms with Crippen molar-refractivity contribution in [2.24, 2.45) is 10.8 Å². The van der Waals surface area contributed by atoms with E-state index < -0.39 is 0 Å². The molecule has 0 bridgehead atoms. The fourth-order valence-corrected chi connectivity index (χ4v) is 3.57. The van der Waals surface area contributed by atoms with E-state index in [-0.39, 0.29) is 0 Å². The van der Waals surface area contributed by atoms with Crippen LogP contribution in [0.15, 0.2) is 18.2 Å². The highest BCUT2D eigenvalue weighted by Crippen LogP contribution is 2.49. The van der Waals surface area contributed by atoms with Crippen LogP contribution in [0.3, 0.4) is 0 Å². The highest BCUT2D eigenvalue weighted by molar-refractivity contribution is 5.35. The third kappa shape index (κ3) is 7.28. The molecule has 0 aliphatic heterocycles. The lowest BCUT2D eigenvalue weighted by Crippen LogP contribution is -2.04. The molecule has 1 nitrogen and oxygen atoms in total. The highest BCUT2D eigenvalue weighted by Gasteiger charge is 2.35. The minimum Gasteiger partial charge on any atom is -0.508 e. The predicted octanol–water partition coefficient (Wildman–Crippen LogP) is 7.05. The van der Waals surface area contributed by atoms with Gasteiger partial charge in [0.25, 0.3) is 0 Å². The summed E-state index contributed by atoms with van der Waals surface area (Å²) in [6.07, 6.45) is 14.4. The van der Waals surface area contributed by atoms with E-state index >= 15 is 0 Å². The molecule has 1 aromatic carbocycles. The Morgan fingerprint density at radius 2 is 1.58 bits per heavy atom. The van der Waals surface area contributed by atoms with Crippen LogP contribution >= 0.6 is 0 Å². The lowest BCUT2D eigenvalue weighted by Gasteiger charge is -2.18. The fraction of sp³-hybridized carbons (Fsp3) is 0.739. The van der Waals surface area contributed by atoms with E-state index in [1.54, 1.807) is 0 Å². The number of benzene rings is 1. The van der Waals surface area contributed by atoms with Gasteiger partial charge >= 0.3 is 0 Å². The summed E-state index contributed by atoms with van der Waals surface area (Å²) in [5.41, 5.74) is 3.97. The van der Waals surface area contributed by atoms with Crippen molar-refractivity contribution < 1.29 is 5.11 Å². The Kier molecular flexibility index (Phi) is 6.78. The zero-order chi connectivity index (χ0) is 17.6. The van der Waals surface area contributed by atoms with E-state index in [4.69, 9.17) is 0 Å². The largest absolute Gasteiger partial charge is 0.508 e. The Morgan fingerprint density at radius 1 is 0.917 bits per heavy atom. The Labute approximate surface area is 149 Å². The first-order valence-corrected chi connectivity index (χ1v) is 10.1. The van der Waals surface area contributed by atoms with E-state index in [9.17, 15) is 5.11 Å². The molecule has 0 heterocycles. The maximum Gasteiger partial charge on any atom is 0.115 e. The van der Waals surface area contributed by atoms with Gasteiger partial charge in [-0.2, -0.15) is 0 Å². The van der Waals surface area contributed by atoms with Crippen LogP contribution in [-0.4, -0.2) is 5.11 Å². The molecular formula is C23H38O. The van der Waals surface area contributed by atoms with Gasteiger partial charge in [0.2, 0.25) is 0 Å². The van der Waals surface area contributed by atoms with Crippen molar-refractivity contribution in [3.63, 3.8) is 0 Å². The highest BCUT2D eigenvalue weighted by atomic mass is 16.3. The number of hydrogen-bond donors (Lipinski definition) is 1. The number of phenols is 1. The van der Waals surface area contributed by atoms with Crippen LogP contribution in [0.2, 0.25) is 0 Å². The molecule has 1 aromatic rings. The van der Waals surface area contributed by atoms with Crippen LogP contribution in [0, 0.1) is 10.8 Å². The second-order valence-corrected chi connectivity index (χ2v) is 9.59. The molecule has 0 unspecified atom stereocenters. The van der Waals surface area contributed by atoms with Crippen molar-refractivity contribution in [1.82, 2.24) is 0 Å². The molecule has 24 heavy (non-hydrogen) atoms. The third-order valence-electron chi connectivity index (χ3n) is 5.64. The molecule has 0 amide bonds. The number of hydrogen-bond acceptors (Lipinski definition) is 1. The molecule has 1 fully saturated rings. The van der Waals surface area contributed by atoms with Crippen LogP contribution in [0.4, 0.5) is 0 Å². The summed E-state index contributed by atoms with van der Waals surface area (Å²) in [7, 11) is 0. The second kappa shape index (κ2) is 8.41. The molecular weight excluding hydrogens is 292 g/mol. The minimum atomic E-state index is 0.425. The predicted molar refractivity (Wildman–Crippen MR) is 105 cm³/mol. The number of aryl methyl sites for hydroxylation is 2. The number of rotatable bonds is 10. The summed E-state index contributed by atoms with van der Waals surface area (Å²) in [6, 6.07) is 6.00. The Morgan fingerprint density at radius 3 is 2.25 bits per heavy atom. The zero-order valence-electron chi connectivity index (χ0n) is 16.5. The van der Waals surface area contributed by atoms with E-state index in [0.717, 1.165) is 12.8 Å². The van der Waals surface area contributed by atoms with Crippen molar-refractivity contribution in [1.29, 1.82) is 0 Å². The topological polar surface area (TPSA) is 20.2 Å². The standard InChI is InChI=1S/C23H38O/c1-22(2,3)14-9-7-10-19-12-13-21(24)18-20(19)11-6-5-8-15-23(4)16-17-23/h12-13,18,24H,5-11,14-17H2,1-4H3. The molecule has 2 rings (SSSR count). The average molecular weight is 331 g/mol. The number of aromatic hydroxyl groups is 1. The summed E-state index contributed by atoms with van der Waals surface area (Å²) in [6.45, 7) is 9.39. The van der Waals surface area contributed by atoms with Crippen molar-refractivity contribution in [2.75, 3.05) is 0 Å². The van der Waals surface area contributed by atoms with Gasteiger partial charge in [-0.05, 0) is 85.5 Å². The van der Waals surface area contributed by atoms with Gasteiger partial charge in [-0.25, -0.2) is 0 Å². The van der Waals surface area contributed by atoms with Crippen molar-refractivity contribution in [2.45, 2.75) is 98.3 Å². The molecule has 0 aromatic heterocycles. The molecule has 1 aliphatic carbocycles. The van der Waals surface area contributed by atoms with Gasteiger partial charge in [0, 0.05) is 0 Å².